The van der Waals surface area contributed by atoms with Crippen LogP contribution in [0, 0.1) is 0 Å². The van der Waals surface area contributed by atoms with E-state index >= 15 is 0 Å². The summed E-state index contributed by atoms with van der Waals surface area (Å²) in [5.41, 5.74) is 6.84. The quantitative estimate of drug-likeness (QED) is 0.838. The lowest BCUT2D eigenvalue weighted by Gasteiger charge is -2.20. The van der Waals surface area contributed by atoms with E-state index in [1.54, 1.807) is 7.11 Å². The average molecular weight is 214 g/mol. The fraction of sp³-hybridized carbons (Fsp3) is 0.455. The molecule has 1 aromatic rings. The van der Waals surface area contributed by atoms with Gasteiger partial charge in [0, 0.05) is 22.5 Å². The van der Waals surface area contributed by atoms with Gasteiger partial charge in [0.05, 0.1) is 7.11 Å². The zero-order valence-corrected chi connectivity index (χ0v) is 9.51. The third-order valence-electron chi connectivity index (χ3n) is 2.48. The first-order chi connectivity index (χ1) is 6.57. The molecule has 0 amide bonds. The summed E-state index contributed by atoms with van der Waals surface area (Å²) in [6.45, 7) is 4.02. The number of benzene rings is 1. The van der Waals surface area contributed by atoms with Crippen LogP contribution in [0.1, 0.15) is 25.3 Å². The summed E-state index contributed by atoms with van der Waals surface area (Å²) in [4.78, 5) is 0. The number of methoxy groups -OCH3 is 1. The molecule has 14 heavy (non-hydrogen) atoms. The minimum Gasteiger partial charge on any atom is -0.496 e. The van der Waals surface area contributed by atoms with Crippen molar-refractivity contribution in [1.29, 1.82) is 0 Å². The molecule has 3 heteroatoms. The van der Waals surface area contributed by atoms with Crippen LogP contribution in [0.5, 0.6) is 5.75 Å². The molecule has 0 aromatic heterocycles. The highest BCUT2D eigenvalue weighted by Gasteiger charge is 2.17. The lowest BCUT2D eigenvalue weighted by Crippen LogP contribution is -2.23. The first-order valence-electron chi connectivity index (χ1n) is 4.66. The van der Waals surface area contributed by atoms with E-state index in [4.69, 9.17) is 22.1 Å². The van der Waals surface area contributed by atoms with Crippen molar-refractivity contribution in [3.8, 4) is 5.75 Å². The highest BCUT2D eigenvalue weighted by Crippen LogP contribution is 2.34. The first-order valence-corrected chi connectivity index (χ1v) is 5.03. The molecule has 0 bridgehead atoms. The number of halogens is 1. The Morgan fingerprint density at radius 2 is 2.00 bits per heavy atom. The van der Waals surface area contributed by atoms with E-state index in [0.717, 1.165) is 11.3 Å². The van der Waals surface area contributed by atoms with Crippen LogP contribution < -0.4 is 10.5 Å². The molecular formula is C11H16ClNO. The number of rotatable bonds is 3. The van der Waals surface area contributed by atoms with Crippen molar-refractivity contribution < 1.29 is 4.74 Å². The van der Waals surface area contributed by atoms with Gasteiger partial charge in [-0.1, -0.05) is 24.6 Å². The third kappa shape index (κ3) is 2.20. The molecule has 1 rings (SSSR count). The first kappa shape index (κ1) is 11.3. The van der Waals surface area contributed by atoms with Crippen molar-refractivity contribution in [2.24, 2.45) is 5.73 Å². The molecule has 0 aliphatic carbocycles. The summed E-state index contributed by atoms with van der Waals surface area (Å²) >= 11 is 6.11. The highest BCUT2D eigenvalue weighted by molar-refractivity contribution is 6.31. The lowest BCUT2D eigenvalue weighted by molar-refractivity contribution is 0.403. The Labute approximate surface area is 90.0 Å². The van der Waals surface area contributed by atoms with Gasteiger partial charge in [-0.05, 0) is 19.1 Å². The number of ether oxygens (including phenoxy) is 1. The minimum atomic E-state index is 0.0591. The van der Waals surface area contributed by atoms with E-state index in [1.165, 1.54) is 0 Å². The Kier molecular flexibility index (Phi) is 3.78. The maximum Gasteiger partial charge on any atom is 0.123 e. The fourth-order valence-electron chi connectivity index (χ4n) is 1.40. The Morgan fingerprint density at radius 3 is 2.50 bits per heavy atom. The van der Waals surface area contributed by atoms with Gasteiger partial charge >= 0.3 is 0 Å². The normalized spacial score (nSPS) is 14.9. The number of hydrogen-bond acceptors (Lipinski definition) is 2. The standard InChI is InChI=1S/C11H16ClNO/c1-7(8(2)13)11-9(12)5-4-6-10(11)14-3/h4-8H,13H2,1-3H3. The molecule has 0 radical (unpaired) electrons. The molecule has 2 atom stereocenters. The smallest absolute Gasteiger partial charge is 0.123 e. The predicted molar refractivity (Wildman–Crippen MR) is 60.1 cm³/mol. The zero-order chi connectivity index (χ0) is 10.7. The van der Waals surface area contributed by atoms with E-state index in [1.807, 2.05) is 25.1 Å². The molecule has 0 heterocycles. The SMILES string of the molecule is COc1cccc(Cl)c1C(C)C(C)N. The zero-order valence-electron chi connectivity index (χ0n) is 8.75. The van der Waals surface area contributed by atoms with Gasteiger partial charge in [-0.25, -0.2) is 0 Å². The van der Waals surface area contributed by atoms with E-state index in [-0.39, 0.29) is 12.0 Å². The van der Waals surface area contributed by atoms with Crippen LogP contribution in [0.4, 0.5) is 0 Å². The van der Waals surface area contributed by atoms with Crippen LogP contribution in [0.2, 0.25) is 5.02 Å². The van der Waals surface area contributed by atoms with Crippen LogP contribution in [0.15, 0.2) is 18.2 Å². The van der Waals surface area contributed by atoms with Crippen molar-refractivity contribution >= 4 is 11.6 Å². The van der Waals surface area contributed by atoms with E-state index in [9.17, 15) is 0 Å². The monoisotopic (exact) mass is 213 g/mol. The Bertz CT molecular complexity index is 312. The second kappa shape index (κ2) is 4.67. The second-order valence-corrected chi connectivity index (χ2v) is 3.91. The van der Waals surface area contributed by atoms with Gasteiger partial charge in [-0.3, -0.25) is 0 Å². The Balaban J connectivity index is 3.16. The van der Waals surface area contributed by atoms with E-state index < -0.39 is 0 Å². The predicted octanol–water partition coefficient (Wildman–Crippen LogP) is 2.80. The summed E-state index contributed by atoms with van der Waals surface area (Å²) in [6, 6.07) is 5.69. The Hall–Kier alpha value is -0.730. The molecule has 0 fully saturated rings. The summed E-state index contributed by atoms with van der Waals surface area (Å²) in [5, 5.41) is 0.717. The van der Waals surface area contributed by atoms with Gasteiger partial charge in [-0.15, -0.1) is 0 Å². The molecule has 2 nitrogen and oxygen atoms in total. The molecular weight excluding hydrogens is 198 g/mol. The topological polar surface area (TPSA) is 35.2 Å². The largest absolute Gasteiger partial charge is 0.496 e. The van der Waals surface area contributed by atoms with Gasteiger partial charge < -0.3 is 10.5 Å². The van der Waals surface area contributed by atoms with E-state index in [0.29, 0.717) is 5.02 Å². The molecule has 1 aromatic carbocycles. The third-order valence-corrected chi connectivity index (χ3v) is 2.81. The van der Waals surface area contributed by atoms with Gasteiger partial charge in [0.25, 0.3) is 0 Å². The molecule has 0 saturated carbocycles. The molecule has 0 spiro atoms. The van der Waals surface area contributed by atoms with Crippen LogP contribution in [-0.4, -0.2) is 13.2 Å². The van der Waals surface area contributed by atoms with Gasteiger partial charge in [-0.2, -0.15) is 0 Å². The van der Waals surface area contributed by atoms with Crippen LogP contribution >= 0.6 is 11.6 Å². The van der Waals surface area contributed by atoms with Gasteiger partial charge in [0.1, 0.15) is 5.75 Å². The van der Waals surface area contributed by atoms with Gasteiger partial charge in [0.2, 0.25) is 0 Å². The average Bonchev–Trinajstić information content (AvgIpc) is 2.16. The summed E-state index contributed by atoms with van der Waals surface area (Å²) in [7, 11) is 1.64. The fourth-order valence-corrected chi connectivity index (χ4v) is 1.74. The minimum absolute atomic E-state index is 0.0591. The van der Waals surface area contributed by atoms with Crippen LogP contribution in [0.25, 0.3) is 0 Å². The summed E-state index contributed by atoms with van der Waals surface area (Å²) in [6.07, 6.45) is 0. The second-order valence-electron chi connectivity index (χ2n) is 3.50. The van der Waals surface area contributed by atoms with Crippen LogP contribution in [0.3, 0.4) is 0 Å². The molecule has 0 aliphatic heterocycles. The van der Waals surface area contributed by atoms with Crippen molar-refractivity contribution in [3.63, 3.8) is 0 Å². The summed E-state index contributed by atoms with van der Waals surface area (Å²) in [5.74, 6) is 1.00. The molecule has 78 valence electrons. The molecule has 0 aliphatic rings. The van der Waals surface area contributed by atoms with Crippen molar-refractivity contribution in [2.45, 2.75) is 25.8 Å². The molecule has 2 unspecified atom stereocenters. The maximum atomic E-state index is 6.11. The number of nitrogens with two attached hydrogens (primary N) is 1. The van der Waals surface area contributed by atoms with Crippen LogP contribution in [-0.2, 0) is 0 Å². The van der Waals surface area contributed by atoms with Crippen molar-refractivity contribution in [3.05, 3.63) is 28.8 Å². The maximum absolute atomic E-state index is 6.11. The highest BCUT2D eigenvalue weighted by atomic mass is 35.5. The van der Waals surface area contributed by atoms with Gasteiger partial charge in [0.15, 0.2) is 0 Å². The van der Waals surface area contributed by atoms with Crippen molar-refractivity contribution in [2.75, 3.05) is 7.11 Å². The lowest BCUT2D eigenvalue weighted by atomic mass is 9.94. The molecule has 2 N–H and O–H groups in total. The van der Waals surface area contributed by atoms with Crippen molar-refractivity contribution in [1.82, 2.24) is 0 Å². The van der Waals surface area contributed by atoms with E-state index in [2.05, 4.69) is 6.92 Å². The summed E-state index contributed by atoms with van der Waals surface area (Å²) < 4.78 is 5.26. The number of hydrogen-bond donors (Lipinski definition) is 1. The Morgan fingerprint density at radius 1 is 1.36 bits per heavy atom. The molecule has 0 saturated heterocycles.